The molecule has 1 aromatic carbocycles. The first-order chi connectivity index (χ1) is 15.5. The van der Waals surface area contributed by atoms with Gasteiger partial charge in [-0.25, -0.2) is 23.1 Å². The molecule has 0 bridgehead atoms. The molecule has 0 radical (unpaired) electrons. The fourth-order valence-electron chi connectivity index (χ4n) is 3.60. The standard InChI is InChI=1S/C24H23F3N4O/c25-21-19(15-5-7-17(30-11-15)28-9-13-1-2-13)23(27)24(32)20(22(21)26)16-6-8-18(31-12-16)29-10-14-3-4-14/h5-8,11-14,32H,1-4,9-10H2,(H,28,30)(H,29,31). The molecule has 2 aliphatic rings. The number of aromatic hydroxyl groups is 1. The number of aromatic nitrogens is 2. The molecular weight excluding hydrogens is 417 g/mol. The van der Waals surface area contributed by atoms with Crippen LogP contribution in [0.3, 0.4) is 0 Å². The third-order valence-electron chi connectivity index (χ3n) is 5.94. The normalized spacial score (nSPS) is 15.6. The molecule has 5 nitrogen and oxygen atoms in total. The summed E-state index contributed by atoms with van der Waals surface area (Å²) in [6.07, 6.45) is 7.28. The quantitative estimate of drug-likeness (QED) is 0.399. The Morgan fingerprint density at radius 1 is 0.719 bits per heavy atom. The molecule has 0 spiro atoms. The number of hydrogen-bond acceptors (Lipinski definition) is 5. The zero-order valence-electron chi connectivity index (χ0n) is 17.3. The molecule has 0 unspecified atom stereocenters. The van der Waals surface area contributed by atoms with E-state index in [4.69, 9.17) is 0 Å². The molecule has 32 heavy (non-hydrogen) atoms. The Morgan fingerprint density at radius 2 is 1.19 bits per heavy atom. The molecule has 2 fully saturated rings. The van der Waals surface area contributed by atoms with E-state index in [2.05, 4.69) is 20.6 Å². The predicted molar refractivity (Wildman–Crippen MR) is 117 cm³/mol. The maximum absolute atomic E-state index is 15.0. The van der Waals surface area contributed by atoms with Gasteiger partial charge in [0.15, 0.2) is 23.2 Å². The summed E-state index contributed by atoms with van der Waals surface area (Å²) in [6.45, 7) is 1.59. The van der Waals surface area contributed by atoms with Crippen LogP contribution in [0.4, 0.5) is 24.8 Å². The highest BCUT2D eigenvalue weighted by Gasteiger charge is 2.27. The van der Waals surface area contributed by atoms with Gasteiger partial charge in [-0.3, -0.25) is 0 Å². The summed E-state index contributed by atoms with van der Waals surface area (Å²) in [5, 5.41) is 16.7. The highest BCUT2D eigenvalue weighted by molar-refractivity contribution is 5.78. The van der Waals surface area contributed by atoms with E-state index in [1.165, 1.54) is 50.2 Å². The van der Waals surface area contributed by atoms with E-state index in [-0.39, 0.29) is 11.1 Å². The monoisotopic (exact) mass is 440 g/mol. The zero-order chi connectivity index (χ0) is 22.2. The van der Waals surface area contributed by atoms with Crippen LogP contribution in [0.1, 0.15) is 25.7 Å². The van der Waals surface area contributed by atoms with E-state index >= 15 is 4.39 Å². The second-order valence-corrected chi connectivity index (χ2v) is 8.55. The molecule has 3 aromatic rings. The van der Waals surface area contributed by atoms with Gasteiger partial charge in [-0.05, 0) is 61.8 Å². The maximum atomic E-state index is 15.0. The molecular formula is C24H23F3N4O. The summed E-state index contributed by atoms with van der Waals surface area (Å²) in [6, 6.07) is 6.10. The third kappa shape index (κ3) is 4.22. The van der Waals surface area contributed by atoms with Crippen molar-refractivity contribution in [3.63, 3.8) is 0 Å². The lowest BCUT2D eigenvalue weighted by Gasteiger charge is -2.14. The van der Waals surface area contributed by atoms with E-state index < -0.39 is 34.3 Å². The van der Waals surface area contributed by atoms with Gasteiger partial charge in [0.2, 0.25) is 0 Å². The smallest absolute Gasteiger partial charge is 0.176 e. The largest absolute Gasteiger partial charge is 0.504 e. The summed E-state index contributed by atoms with van der Waals surface area (Å²) in [5.74, 6) is -2.48. The van der Waals surface area contributed by atoms with E-state index in [0.29, 0.717) is 23.5 Å². The lowest BCUT2D eigenvalue weighted by molar-refractivity contribution is 0.419. The van der Waals surface area contributed by atoms with Gasteiger partial charge in [0.05, 0.1) is 11.1 Å². The molecule has 5 rings (SSSR count). The Labute approximate surface area is 183 Å². The molecule has 0 atom stereocenters. The van der Waals surface area contributed by atoms with Crippen LogP contribution in [-0.2, 0) is 0 Å². The molecule has 166 valence electrons. The van der Waals surface area contributed by atoms with Crippen molar-refractivity contribution in [2.45, 2.75) is 25.7 Å². The fourth-order valence-corrected chi connectivity index (χ4v) is 3.60. The number of benzene rings is 1. The Balaban J connectivity index is 1.42. The molecule has 0 aliphatic heterocycles. The molecule has 0 amide bonds. The lowest BCUT2D eigenvalue weighted by atomic mass is 9.98. The topological polar surface area (TPSA) is 70.1 Å². The fraction of sp³-hybridized carbons (Fsp3) is 0.333. The van der Waals surface area contributed by atoms with Gasteiger partial charge < -0.3 is 15.7 Å². The Hall–Kier alpha value is -3.29. The van der Waals surface area contributed by atoms with Crippen LogP contribution >= 0.6 is 0 Å². The van der Waals surface area contributed by atoms with Crippen molar-refractivity contribution in [2.75, 3.05) is 23.7 Å². The lowest BCUT2D eigenvalue weighted by Crippen LogP contribution is -2.05. The first-order valence-corrected chi connectivity index (χ1v) is 10.8. The summed E-state index contributed by atoms with van der Waals surface area (Å²) in [5.41, 5.74) is -1.09. The summed E-state index contributed by atoms with van der Waals surface area (Å²) in [7, 11) is 0. The predicted octanol–water partition coefficient (Wildman–Crippen LogP) is 5.58. The van der Waals surface area contributed by atoms with Crippen molar-refractivity contribution in [3.05, 3.63) is 54.1 Å². The van der Waals surface area contributed by atoms with Gasteiger partial charge in [-0.1, -0.05) is 0 Å². The zero-order valence-corrected chi connectivity index (χ0v) is 17.3. The van der Waals surface area contributed by atoms with Gasteiger partial charge in [0.25, 0.3) is 0 Å². The minimum absolute atomic E-state index is 0.0375. The van der Waals surface area contributed by atoms with E-state index in [1.54, 1.807) is 12.1 Å². The van der Waals surface area contributed by atoms with Crippen LogP contribution in [0.2, 0.25) is 0 Å². The van der Waals surface area contributed by atoms with Crippen molar-refractivity contribution < 1.29 is 18.3 Å². The molecule has 2 aliphatic carbocycles. The van der Waals surface area contributed by atoms with Gasteiger partial charge in [-0.2, -0.15) is 0 Å². The van der Waals surface area contributed by atoms with Crippen molar-refractivity contribution >= 4 is 11.6 Å². The number of nitrogens with one attached hydrogen (secondary N) is 2. The summed E-state index contributed by atoms with van der Waals surface area (Å²) < 4.78 is 44.9. The van der Waals surface area contributed by atoms with Crippen LogP contribution in [-0.4, -0.2) is 28.2 Å². The molecule has 8 heteroatoms. The number of phenols is 1. The van der Waals surface area contributed by atoms with E-state index in [9.17, 15) is 13.9 Å². The van der Waals surface area contributed by atoms with E-state index in [0.717, 1.165) is 13.1 Å². The molecule has 2 saturated carbocycles. The first-order valence-electron chi connectivity index (χ1n) is 10.8. The molecule has 3 N–H and O–H groups in total. The van der Waals surface area contributed by atoms with Crippen LogP contribution in [0.25, 0.3) is 22.3 Å². The second-order valence-electron chi connectivity index (χ2n) is 8.55. The van der Waals surface area contributed by atoms with Crippen molar-refractivity contribution in [1.82, 2.24) is 9.97 Å². The Bertz CT molecular complexity index is 1010. The third-order valence-corrected chi connectivity index (χ3v) is 5.94. The second kappa shape index (κ2) is 8.33. The number of phenolic OH excluding ortho intramolecular Hbond substituents is 1. The van der Waals surface area contributed by atoms with Crippen LogP contribution in [0.15, 0.2) is 36.7 Å². The Kier molecular flexibility index (Phi) is 5.36. The number of halogens is 3. The average molecular weight is 440 g/mol. The van der Waals surface area contributed by atoms with Crippen LogP contribution < -0.4 is 10.6 Å². The van der Waals surface area contributed by atoms with Gasteiger partial charge in [-0.15, -0.1) is 0 Å². The van der Waals surface area contributed by atoms with Gasteiger partial charge in [0.1, 0.15) is 11.6 Å². The molecule has 2 aromatic heterocycles. The number of hydrogen-bond donors (Lipinski definition) is 3. The number of anilines is 2. The molecule has 2 heterocycles. The number of pyridine rings is 2. The van der Waals surface area contributed by atoms with Crippen molar-refractivity contribution in [2.24, 2.45) is 11.8 Å². The van der Waals surface area contributed by atoms with Crippen LogP contribution in [0.5, 0.6) is 5.75 Å². The van der Waals surface area contributed by atoms with Gasteiger partial charge in [0, 0.05) is 36.6 Å². The minimum atomic E-state index is -1.38. The van der Waals surface area contributed by atoms with Crippen molar-refractivity contribution in [3.8, 4) is 28.0 Å². The SMILES string of the molecule is Oc1c(F)c(-c2ccc(NCC3CC3)nc2)c(F)c(F)c1-c1ccc(NCC2CC2)nc1. The highest BCUT2D eigenvalue weighted by atomic mass is 19.2. The maximum Gasteiger partial charge on any atom is 0.176 e. The average Bonchev–Trinajstić information content (AvgIpc) is 3.72. The number of rotatable bonds is 8. The first kappa shape index (κ1) is 20.6. The summed E-state index contributed by atoms with van der Waals surface area (Å²) in [4.78, 5) is 8.33. The number of nitrogens with zero attached hydrogens (tertiary/aromatic N) is 2. The summed E-state index contributed by atoms with van der Waals surface area (Å²) >= 11 is 0. The Morgan fingerprint density at radius 3 is 1.62 bits per heavy atom. The van der Waals surface area contributed by atoms with E-state index in [1.807, 2.05) is 0 Å². The van der Waals surface area contributed by atoms with Crippen molar-refractivity contribution in [1.29, 1.82) is 0 Å². The highest BCUT2D eigenvalue weighted by Crippen LogP contribution is 2.41. The molecule has 0 saturated heterocycles. The van der Waals surface area contributed by atoms with Crippen LogP contribution in [0, 0.1) is 29.3 Å². The van der Waals surface area contributed by atoms with Gasteiger partial charge >= 0.3 is 0 Å². The minimum Gasteiger partial charge on any atom is -0.504 e.